The van der Waals surface area contributed by atoms with Crippen LogP contribution >= 0.6 is 15.9 Å². The van der Waals surface area contributed by atoms with Crippen molar-refractivity contribution >= 4 is 21.7 Å². The fourth-order valence-electron chi connectivity index (χ4n) is 1.83. The van der Waals surface area contributed by atoms with Crippen molar-refractivity contribution in [2.24, 2.45) is 0 Å². The molecule has 2 aromatic heterocycles. The van der Waals surface area contributed by atoms with Gasteiger partial charge in [0.2, 0.25) is 0 Å². The van der Waals surface area contributed by atoms with Gasteiger partial charge in [-0.25, -0.2) is 9.97 Å². The number of furan rings is 1. The maximum absolute atomic E-state index is 5.13. The van der Waals surface area contributed by atoms with Crippen LogP contribution in [0.25, 0.3) is 11.4 Å². The summed E-state index contributed by atoms with van der Waals surface area (Å²) in [5, 5.41) is 3.35. The van der Waals surface area contributed by atoms with Crippen LogP contribution in [-0.2, 0) is 5.41 Å². The van der Waals surface area contributed by atoms with E-state index in [0.29, 0.717) is 5.82 Å². The van der Waals surface area contributed by atoms with Crippen molar-refractivity contribution in [1.29, 1.82) is 0 Å². The highest BCUT2D eigenvalue weighted by atomic mass is 79.9. The van der Waals surface area contributed by atoms with Crippen LogP contribution < -0.4 is 5.32 Å². The Hall–Kier alpha value is -1.36. The minimum Gasteiger partial charge on any atom is -0.472 e. The van der Waals surface area contributed by atoms with E-state index in [1.165, 1.54) is 0 Å². The smallest absolute Gasteiger partial charge is 0.165 e. The van der Waals surface area contributed by atoms with Crippen molar-refractivity contribution in [2.45, 2.75) is 39.5 Å². The molecule has 0 aliphatic carbocycles. The Balaban J connectivity index is 2.54. The van der Waals surface area contributed by atoms with Crippen LogP contribution in [0.4, 0.5) is 5.82 Å². The molecule has 2 aromatic rings. The molecule has 0 unspecified atom stereocenters. The lowest BCUT2D eigenvalue weighted by Crippen LogP contribution is -2.17. The van der Waals surface area contributed by atoms with E-state index in [1.54, 1.807) is 12.5 Å². The number of anilines is 1. The number of halogens is 1. The average molecular weight is 338 g/mol. The van der Waals surface area contributed by atoms with Crippen molar-refractivity contribution in [3.63, 3.8) is 0 Å². The summed E-state index contributed by atoms with van der Waals surface area (Å²) in [7, 11) is 0. The first-order valence-corrected chi connectivity index (χ1v) is 7.57. The largest absolute Gasteiger partial charge is 0.472 e. The van der Waals surface area contributed by atoms with E-state index in [0.717, 1.165) is 34.5 Å². The van der Waals surface area contributed by atoms with E-state index < -0.39 is 0 Å². The molecule has 2 heterocycles. The predicted molar refractivity (Wildman–Crippen MR) is 84.9 cm³/mol. The van der Waals surface area contributed by atoms with E-state index in [2.05, 4.69) is 53.9 Å². The maximum atomic E-state index is 5.13. The van der Waals surface area contributed by atoms with Crippen molar-refractivity contribution in [1.82, 2.24) is 9.97 Å². The summed E-state index contributed by atoms with van der Waals surface area (Å²) in [5.41, 5.74) is 1.81. The van der Waals surface area contributed by atoms with E-state index in [-0.39, 0.29) is 5.41 Å². The summed E-state index contributed by atoms with van der Waals surface area (Å²) in [6.45, 7) is 9.43. The van der Waals surface area contributed by atoms with Crippen molar-refractivity contribution in [2.75, 3.05) is 11.9 Å². The first kappa shape index (κ1) is 15.0. The molecule has 0 amide bonds. The first-order valence-electron chi connectivity index (χ1n) is 6.78. The summed E-state index contributed by atoms with van der Waals surface area (Å²) in [6.07, 6.45) is 4.35. The number of hydrogen-bond acceptors (Lipinski definition) is 4. The molecular formula is C15H20BrN3O. The normalized spacial score (nSPS) is 11.7. The second-order valence-electron chi connectivity index (χ2n) is 5.75. The second-order valence-corrected chi connectivity index (χ2v) is 6.54. The zero-order valence-corrected chi connectivity index (χ0v) is 13.9. The highest BCUT2D eigenvalue weighted by Crippen LogP contribution is 2.34. The van der Waals surface area contributed by atoms with E-state index in [4.69, 9.17) is 9.40 Å². The maximum Gasteiger partial charge on any atom is 0.165 e. The molecule has 0 atom stereocenters. The molecule has 0 spiro atoms. The van der Waals surface area contributed by atoms with Gasteiger partial charge < -0.3 is 9.73 Å². The van der Waals surface area contributed by atoms with Gasteiger partial charge in [0.05, 0.1) is 22.0 Å². The van der Waals surface area contributed by atoms with Crippen LogP contribution in [0.1, 0.15) is 39.8 Å². The first-order chi connectivity index (χ1) is 9.43. The third-order valence-electron chi connectivity index (χ3n) is 2.88. The van der Waals surface area contributed by atoms with E-state index >= 15 is 0 Å². The van der Waals surface area contributed by atoms with E-state index in [1.807, 2.05) is 6.07 Å². The highest BCUT2D eigenvalue weighted by Gasteiger charge is 2.23. The summed E-state index contributed by atoms with van der Waals surface area (Å²) >= 11 is 3.63. The standard InChI is InChI=1S/C15H20BrN3O/c1-5-7-17-14-11(16)12(15(2,3)4)18-13(19-14)10-6-8-20-9-10/h6,8-9H,5,7H2,1-4H3,(H,17,18,19). The van der Waals surface area contributed by atoms with Gasteiger partial charge in [0.1, 0.15) is 12.1 Å². The molecule has 5 heteroatoms. The molecule has 0 fully saturated rings. The number of aromatic nitrogens is 2. The molecule has 2 rings (SSSR count). The molecule has 0 radical (unpaired) electrons. The summed E-state index contributed by atoms with van der Waals surface area (Å²) in [5.74, 6) is 1.52. The van der Waals surface area contributed by atoms with Crippen LogP contribution in [0, 0.1) is 0 Å². The Morgan fingerprint density at radius 1 is 1.30 bits per heavy atom. The molecule has 1 N–H and O–H groups in total. The van der Waals surface area contributed by atoms with Gasteiger partial charge in [0.25, 0.3) is 0 Å². The Morgan fingerprint density at radius 3 is 2.60 bits per heavy atom. The lowest BCUT2D eigenvalue weighted by molar-refractivity contribution is 0.562. The van der Waals surface area contributed by atoms with Gasteiger partial charge in [-0.15, -0.1) is 0 Å². The minimum atomic E-state index is -0.0666. The summed E-state index contributed by atoms with van der Waals surface area (Å²) in [6, 6.07) is 1.87. The number of hydrogen-bond donors (Lipinski definition) is 1. The van der Waals surface area contributed by atoms with Gasteiger partial charge in [-0.05, 0) is 28.4 Å². The summed E-state index contributed by atoms with van der Waals surface area (Å²) in [4.78, 5) is 9.29. The number of rotatable bonds is 4. The molecule has 108 valence electrons. The Morgan fingerprint density at radius 2 is 2.05 bits per heavy atom. The molecule has 4 nitrogen and oxygen atoms in total. The molecule has 0 aliphatic rings. The number of nitrogens with one attached hydrogen (secondary N) is 1. The second kappa shape index (κ2) is 5.95. The lowest BCUT2D eigenvalue weighted by atomic mass is 9.91. The third-order valence-corrected chi connectivity index (χ3v) is 3.63. The summed E-state index contributed by atoms with van der Waals surface area (Å²) < 4.78 is 6.07. The number of nitrogens with zero attached hydrogens (tertiary/aromatic N) is 2. The fraction of sp³-hybridized carbons (Fsp3) is 0.467. The zero-order chi connectivity index (χ0) is 14.8. The van der Waals surface area contributed by atoms with Gasteiger partial charge in [-0.2, -0.15) is 0 Å². The molecule has 0 saturated heterocycles. The Kier molecular flexibility index (Phi) is 4.48. The quantitative estimate of drug-likeness (QED) is 0.884. The average Bonchev–Trinajstić information content (AvgIpc) is 2.90. The van der Waals surface area contributed by atoms with Crippen molar-refractivity contribution in [3.8, 4) is 11.4 Å². The van der Waals surface area contributed by atoms with Crippen LogP contribution in [0.3, 0.4) is 0 Å². The molecule has 0 bridgehead atoms. The van der Waals surface area contributed by atoms with E-state index in [9.17, 15) is 0 Å². The molecular weight excluding hydrogens is 318 g/mol. The van der Waals surface area contributed by atoms with Gasteiger partial charge in [0.15, 0.2) is 5.82 Å². The van der Waals surface area contributed by atoms with Gasteiger partial charge in [-0.3, -0.25) is 0 Å². The monoisotopic (exact) mass is 337 g/mol. The van der Waals surface area contributed by atoms with Crippen molar-refractivity contribution < 1.29 is 4.42 Å². The van der Waals surface area contributed by atoms with Crippen LogP contribution in [-0.4, -0.2) is 16.5 Å². The van der Waals surface area contributed by atoms with Gasteiger partial charge >= 0.3 is 0 Å². The van der Waals surface area contributed by atoms with Crippen LogP contribution in [0.2, 0.25) is 0 Å². The molecule has 20 heavy (non-hydrogen) atoms. The van der Waals surface area contributed by atoms with Crippen LogP contribution in [0.15, 0.2) is 27.5 Å². The minimum absolute atomic E-state index is 0.0666. The fourth-order valence-corrected chi connectivity index (χ4v) is 2.74. The molecule has 0 aromatic carbocycles. The predicted octanol–water partition coefficient (Wildman–Crippen LogP) is 4.62. The molecule has 0 saturated carbocycles. The molecule has 0 aliphatic heterocycles. The zero-order valence-electron chi connectivity index (χ0n) is 12.3. The topological polar surface area (TPSA) is 51.0 Å². The van der Waals surface area contributed by atoms with Gasteiger partial charge in [-0.1, -0.05) is 27.7 Å². The highest BCUT2D eigenvalue weighted by molar-refractivity contribution is 9.10. The lowest BCUT2D eigenvalue weighted by Gasteiger charge is -2.22. The van der Waals surface area contributed by atoms with Crippen molar-refractivity contribution in [3.05, 3.63) is 28.8 Å². The van der Waals surface area contributed by atoms with Crippen LogP contribution in [0.5, 0.6) is 0 Å². The Bertz CT molecular complexity index is 574. The Labute approximate surface area is 128 Å². The van der Waals surface area contributed by atoms with Gasteiger partial charge in [0, 0.05) is 12.0 Å². The SMILES string of the molecule is CCCNc1nc(-c2ccoc2)nc(C(C)(C)C)c1Br. The third kappa shape index (κ3) is 3.20.